The number of pyridine rings is 1. The van der Waals surface area contributed by atoms with E-state index in [1.54, 1.807) is 12.4 Å². The highest BCUT2D eigenvalue weighted by Gasteiger charge is 2.18. The highest BCUT2D eigenvalue weighted by Crippen LogP contribution is 2.34. The molecule has 0 saturated heterocycles. The van der Waals surface area contributed by atoms with Gasteiger partial charge >= 0.3 is 0 Å². The van der Waals surface area contributed by atoms with Gasteiger partial charge in [-0.15, -0.1) is 0 Å². The number of nitrogens with zero attached hydrogens (tertiary/aromatic N) is 3. The summed E-state index contributed by atoms with van der Waals surface area (Å²) in [7, 11) is 0. The van der Waals surface area contributed by atoms with Crippen molar-refractivity contribution >= 4 is 5.65 Å². The summed E-state index contributed by atoms with van der Waals surface area (Å²) >= 11 is 0. The number of H-pyrrole nitrogens is 1. The number of aromatic nitrogens is 4. The molecule has 0 aliphatic heterocycles. The molecule has 0 radical (unpaired) electrons. The predicted molar refractivity (Wildman–Crippen MR) is 110 cm³/mol. The van der Waals surface area contributed by atoms with Crippen molar-refractivity contribution in [3.63, 3.8) is 0 Å². The molecule has 0 unspecified atom stereocenters. The molecule has 0 aliphatic rings. The van der Waals surface area contributed by atoms with Gasteiger partial charge in [0.25, 0.3) is 5.56 Å². The molecule has 0 fully saturated rings. The van der Waals surface area contributed by atoms with Crippen molar-refractivity contribution in [2.24, 2.45) is 0 Å². The van der Waals surface area contributed by atoms with E-state index in [1.807, 2.05) is 72.8 Å². The van der Waals surface area contributed by atoms with Gasteiger partial charge in [0.1, 0.15) is 0 Å². The zero-order valence-corrected chi connectivity index (χ0v) is 14.9. The molecule has 28 heavy (non-hydrogen) atoms. The Hall–Kier alpha value is -3.99. The first-order chi connectivity index (χ1) is 13.8. The number of nitrogens with one attached hydrogen (secondary N) is 1. The Labute approximate surface area is 161 Å². The summed E-state index contributed by atoms with van der Waals surface area (Å²) in [5.74, 6) is 0. The normalized spacial score (nSPS) is 11.0. The lowest BCUT2D eigenvalue weighted by Crippen LogP contribution is -2.14. The molecule has 134 valence electrons. The van der Waals surface area contributed by atoms with Crippen molar-refractivity contribution in [1.82, 2.24) is 19.6 Å². The van der Waals surface area contributed by atoms with E-state index in [-0.39, 0.29) is 5.56 Å². The van der Waals surface area contributed by atoms with Crippen LogP contribution in [-0.4, -0.2) is 19.6 Å². The van der Waals surface area contributed by atoms with Crippen molar-refractivity contribution < 1.29 is 0 Å². The molecule has 0 bridgehead atoms. The van der Waals surface area contributed by atoms with Crippen molar-refractivity contribution in [2.75, 3.05) is 0 Å². The quantitative estimate of drug-likeness (QED) is 0.515. The van der Waals surface area contributed by atoms with Gasteiger partial charge in [-0.1, -0.05) is 60.7 Å². The third kappa shape index (κ3) is 2.70. The largest absolute Gasteiger partial charge is 0.288 e. The molecule has 3 heterocycles. The van der Waals surface area contributed by atoms with Crippen LogP contribution in [0.4, 0.5) is 0 Å². The van der Waals surface area contributed by atoms with Crippen LogP contribution in [0.15, 0.2) is 96.1 Å². The Morgan fingerprint density at radius 1 is 0.786 bits per heavy atom. The fourth-order valence-corrected chi connectivity index (χ4v) is 3.39. The average molecular weight is 364 g/mol. The highest BCUT2D eigenvalue weighted by atomic mass is 16.1. The highest BCUT2D eigenvalue weighted by molar-refractivity contribution is 5.90. The molecule has 1 N–H and O–H groups in total. The first-order valence-electron chi connectivity index (χ1n) is 8.98. The van der Waals surface area contributed by atoms with E-state index in [0.29, 0.717) is 11.3 Å². The molecular formula is C23H16N4O. The summed E-state index contributed by atoms with van der Waals surface area (Å²) in [5.41, 5.74) is 5.59. The fraction of sp³-hybridized carbons (Fsp3) is 0. The number of aromatic amines is 1. The molecule has 0 amide bonds. The maximum absolute atomic E-state index is 12.9. The van der Waals surface area contributed by atoms with Crippen LogP contribution in [0.5, 0.6) is 0 Å². The second-order valence-corrected chi connectivity index (χ2v) is 6.47. The molecule has 3 aromatic heterocycles. The minimum Gasteiger partial charge on any atom is -0.288 e. The van der Waals surface area contributed by atoms with Gasteiger partial charge < -0.3 is 0 Å². The first-order valence-corrected chi connectivity index (χ1v) is 8.98. The van der Waals surface area contributed by atoms with E-state index in [1.165, 1.54) is 10.6 Å². The van der Waals surface area contributed by atoms with Crippen LogP contribution in [0.25, 0.3) is 39.3 Å². The van der Waals surface area contributed by atoms with Crippen LogP contribution in [0.2, 0.25) is 0 Å². The SMILES string of the molecule is O=c1cc(-c2cccnc2)nc2c(-c3ccccc3)c(-c3ccccc3)[nH]n12. The number of benzene rings is 2. The summed E-state index contributed by atoms with van der Waals surface area (Å²) < 4.78 is 1.50. The average Bonchev–Trinajstić information content (AvgIpc) is 3.16. The second kappa shape index (κ2) is 6.63. The minimum absolute atomic E-state index is 0.164. The maximum Gasteiger partial charge on any atom is 0.273 e. The Balaban J connectivity index is 1.86. The van der Waals surface area contributed by atoms with E-state index in [2.05, 4.69) is 10.1 Å². The van der Waals surface area contributed by atoms with Crippen molar-refractivity contribution in [1.29, 1.82) is 0 Å². The van der Waals surface area contributed by atoms with Crippen LogP contribution < -0.4 is 5.56 Å². The number of hydrogen-bond acceptors (Lipinski definition) is 3. The monoisotopic (exact) mass is 364 g/mol. The third-order valence-corrected chi connectivity index (χ3v) is 4.70. The number of hydrogen-bond donors (Lipinski definition) is 1. The van der Waals surface area contributed by atoms with E-state index in [9.17, 15) is 4.79 Å². The Kier molecular flexibility index (Phi) is 3.84. The molecule has 2 aromatic carbocycles. The van der Waals surface area contributed by atoms with Gasteiger partial charge in [-0.25, -0.2) is 9.50 Å². The summed E-state index contributed by atoms with van der Waals surface area (Å²) in [5, 5.41) is 3.25. The van der Waals surface area contributed by atoms with Crippen LogP contribution in [0, 0.1) is 0 Å². The molecule has 0 saturated carbocycles. The first kappa shape index (κ1) is 16.2. The maximum atomic E-state index is 12.9. The van der Waals surface area contributed by atoms with Gasteiger partial charge in [0, 0.05) is 29.6 Å². The predicted octanol–water partition coefficient (Wildman–Crippen LogP) is 4.42. The molecule has 0 aliphatic carbocycles. The van der Waals surface area contributed by atoms with E-state index < -0.39 is 0 Å². The minimum atomic E-state index is -0.164. The Morgan fingerprint density at radius 2 is 1.46 bits per heavy atom. The molecule has 5 rings (SSSR count). The summed E-state index contributed by atoms with van der Waals surface area (Å²) in [6, 6.07) is 25.2. The standard InChI is InChI=1S/C23H16N4O/c28-20-14-19(18-12-7-13-24-15-18)25-23-21(16-8-3-1-4-9-16)22(26-27(20)23)17-10-5-2-6-11-17/h1-15,26H. The molecule has 0 spiro atoms. The summed E-state index contributed by atoms with van der Waals surface area (Å²) in [4.78, 5) is 21.8. The van der Waals surface area contributed by atoms with Gasteiger partial charge in [0.15, 0.2) is 5.65 Å². The number of fused-ring (bicyclic) bond motifs is 1. The topological polar surface area (TPSA) is 63.0 Å². The molecule has 5 aromatic rings. The van der Waals surface area contributed by atoms with Gasteiger partial charge in [-0.05, 0) is 17.7 Å². The van der Waals surface area contributed by atoms with Gasteiger partial charge in [-0.2, -0.15) is 0 Å². The van der Waals surface area contributed by atoms with Gasteiger partial charge in [0.05, 0.1) is 17.0 Å². The zero-order valence-electron chi connectivity index (χ0n) is 14.9. The lowest BCUT2D eigenvalue weighted by Gasteiger charge is -2.05. The van der Waals surface area contributed by atoms with Gasteiger partial charge in [0.2, 0.25) is 0 Å². The van der Waals surface area contributed by atoms with Crippen LogP contribution >= 0.6 is 0 Å². The molecule has 5 nitrogen and oxygen atoms in total. The van der Waals surface area contributed by atoms with Crippen LogP contribution in [-0.2, 0) is 0 Å². The van der Waals surface area contributed by atoms with Crippen molar-refractivity contribution in [3.05, 3.63) is 102 Å². The third-order valence-electron chi connectivity index (χ3n) is 4.70. The van der Waals surface area contributed by atoms with Crippen molar-refractivity contribution in [2.45, 2.75) is 0 Å². The fourth-order valence-electron chi connectivity index (χ4n) is 3.39. The smallest absolute Gasteiger partial charge is 0.273 e. The van der Waals surface area contributed by atoms with E-state index in [0.717, 1.165) is 27.9 Å². The zero-order chi connectivity index (χ0) is 18.9. The van der Waals surface area contributed by atoms with Gasteiger partial charge in [-0.3, -0.25) is 14.9 Å². The molecular weight excluding hydrogens is 348 g/mol. The number of rotatable bonds is 3. The Morgan fingerprint density at radius 3 is 2.14 bits per heavy atom. The van der Waals surface area contributed by atoms with Crippen LogP contribution in [0.1, 0.15) is 0 Å². The lowest BCUT2D eigenvalue weighted by atomic mass is 10.0. The van der Waals surface area contributed by atoms with E-state index >= 15 is 0 Å². The van der Waals surface area contributed by atoms with E-state index in [4.69, 9.17) is 4.98 Å². The molecule has 0 atom stereocenters. The Bertz CT molecular complexity index is 1310. The molecule has 5 heteroatoms. The summed E-state index contributed by atoms with van der Waals surface area (Å²) in [6.07, 6.45) is 3.42. The summed E-state index contributed by atoms with van der Waals surface area (Å²) in [6.45, 7) is 0. The second-order valence-electron chi connectivity index (χ2n) is 6.47. The van der Waals surface area contributed by atoms with Crippen molar-refractivity contribution in [3.8, 4) is 33.6 Å². The van der Waals surface area contributed by atoms with Crippen LogP contribution in [0.3, 0.4) is 0 Å². The lowest BCUT2D eigenvalue weighted by molar-refractivity contribution is 0.904.